The molecule has 58 heavy (non-hydrogen) atoms. The van der Waals surface area contributed by atoms with Gasteiger partial charge in [0.05, 0.1) is 31.0 Å². The van der Waals surface area contributed by atoms with Gasteiger partial charge in [0.2, 0.25) is 5.91 Å². The van der Waals surface area contributed by atoms with Gasteiger partial charge in [0.15, 0.2) is 11.9 Å². The van der Waals surface area contributed by atoms with Crippen molar-refractivity contribution in [3.63, 3.8) is 0 Å². The zero-order valence-electron chi connectivity index (χ0n) is 35.5. The number of hydrogen-bond acceptors (Lipinski definition) is 10. The van der Waals surface area contributed by atoms with E-state index >= 15 is 0 Å². The number of ether oxygens (including phenoxy) is 3. The zero-order chi connectivity index (χ0) is 43.5. The largest absolute Gasteiger partial charge is 0.540 e. The molecular formula is C42H61N5O10Si. The van der Waals surface area contributed by atoms with Gasteiger partial charge in [-0.25, -0.2) is 9.59 Å². The van der Waals surface area contributed by atoms with Gasteiger partial charge in [0.25, 0.3) is 20.1 Å². The highest BCUT2D eigenvalue weighted by atomic mass is 28.4. The minimum atomic E-state index is -2.52. The summed E-state index contributed by atoms with van der Waals surface area (Å²) < 4.78 is 23.3. The van der Waals surface area contributed by atoms with Crippen molar-refractivity contribution in [1.29, 1.82) is 0 Å². The molecule has 0 aromatic heterocycles. The first-order valence-electron chi connectivity index (χ1n) is 19.6. The lowest BCUT2D eigenvalue weighted by Gasteiger charge is -2.42. The number of nitrogens with two attached hydrogens (primary N) is 1. The highest BCUT2D eigenvalue weighted by molar-refractivity contribution is 6.78. The van der Waals surface area contributed by atoms with E-state index in [-0.39, 0.29) is 47.0 Å². The van der Waals surface area contributed by atoms with Gasteiger partial charge in [0, 0.05) is 18.0 Å². The molecule has 0 spiro atoms. The third-order valence-electron chi connectivity index (χ3n) is 10.2. The maximum atomic E-state index is 14.2. The van der Waals surface area contributed by atoms with E-state index in [0.29, 0.717) is 29.2 Å². The van der Waals surface area contributed by atoms with Crippen molar-refractivity contribution in [2.45, 2.75) is 117 Å². The molecule has 0 saturated carbocycles. The molecule has 0 fully saturated rings. The van der Waals surface area contributed by atoms with Crippen molar-refractivity contribution >= 4 is 49.6 Å². The summed E-state index contributed by atoms with van der Waals surface area (Å²) in [6.45, 7) is 19.2. The summed E-state index contributed by atoms with van der Waals surface area (Å²) in [5.41, 5.74) is 7.90. The van der Waals surface area contributed by atoms with Gasteiger partial charge in [-0.3, -0.25) is 19.7 Å². The van der Waals surface area contributed by atoms with Crippen LogP contribution in [-0.4, -0.2) is 80.1 Å². The first-order valence-corrected chi connectivity index (χ1v) is 21.7. The van der Waals surface area contributed by atoms with Crippen LogP contribution in [0.5, 0.6) is 11.5 Å². The molecule has 3 atom stereocenters. The van der Waals surface area contributed by atoms with Crippen LogP contribution in [0.15, 0.2) is 60.3 Å². The highest BCUT2D eigenvalue weighted by Gasteiger charge is 2.47. The number of nitrogens with zero attached hydrogens (tertiary/aromatic N) is 1. The quantitative estimate of drug-likeness (QED) is 0.0953. The molecule has 1 heterocycles. The van der Waals surface area contributed by atoms with Crippen LogP contribution in [0.1, 0.15) is 91.6 Å². The minimum absolute atomic E-state index is 0.120. The first-order chi connectivity index (χ1) is 27.3. The number of amides is 5. The van der Waals surface area contributed by atoms with Gasteiger partial charge >= 0.3 is 12.2 Å². The second kappa shape index (κ2) is 20.9. The number of rotatable bonds is 18. The van der Waals surface area contributed by atoms with Crippen LogP contribution in [0.4, 0.5) is 21.0 Å². The lowest BCUT2D eigenvalue weighted by atomic mass is 10.1. The van der Waals surface area contributed by atoms with Crippen molar-refractivity contribution in [3.8, 4) is 11.5 Å². The second-order valence-corrected chi connectivity index (χ2v) is 21.0. The molecule has 0 unspecified atom stereocenters. The molecule has 0 radical (unpaired) electrons. The molecule has 2 aromatic rings. The average molecular weight is 824 g/mol. The topological polar surface area (TPSA) is 208 Å². The molecule has 16 heteroatoms. The number of aliphatic hydroxyl groups is 1. The number of methoxy groups -OCH3 is 1. The minimum Gasteiger partial charge on any atom is -0.540 e. The first kappa shape index (κ1) is 47.0. The molecule has 5 amide bonds. The number of anilines is 2. The molecular weight excluding hydrogens is 763 g/mol. The molecule has 1 aliphatic rings. The molecule has 0 aliphatic carbocycles. The lowest BCUT2D eigenvalue weighted by molar-refractivity contribution is -0.134. The summed E-state index contributed by atoms with van der Waals surface area (Å²) in [6, 6.07) is 8.22. The summed E-state index contributed by atoms with van der Waals surface area (Å²) in [5, 5.41) is 18.2. The number of primary amides is 1. The van der Waals surface area contributed by atoms with Crippen LogP contribution >= 0.6 is 0 Å². The number of aliphatic hydroxyl groups excluding tert-OH is 1. The summed E-state index contributed by atoms with van der Waals surface area (Å²) in [5.74, 6) is -1.28. The average Bonchev–Trinajstić information content (AvgIpc) is 3.57. The van der Waals surface area contributed by atoms with Gasteiger partial charge in [-0.15, -0.1) is 0 Å². The van der Waals surface area contributed by atoms with E-state index in [1.807, 2.05) is 19.1 Å². The van der Waals surface area contributed by atoms with Crippen LogP contribution in [0.25, 0.3) is 0 Å². The molecule has 3 rings (SSSR count). The van der Waals surface area contributed by atoms with Crippen molar-refractivity contribution in [3.05, 3.63) is 71.5 Å². The highest BCUT2D eigenvalue weighted by Crippen LogP contribution is 2.46. The Morgan fingerprint density at radius 3 is 2.05 bits per heavy atom. The van der Waals surface area contributed by atoms with Gasteiger partial charge in [-0.1, -0.05) is 79.7 Å². The standard InChI is InChI=1S/C42H61N5O10Si/c1-12-13-30-18-32(22-48)47(21-30)40(51)33-19-35(54-11)36(57-58(25(4)5,26(6)7)27(8)9)20-34(33)46-42(53)55-23-29-14-16-31(17-15-29)45-38(49)28(10)44-39(50)37(24(2)3)56-41(43)52/h12-17,19-21,24-28,32,37,48H,18,22-23H2,1-11H3,(H2,43,52)(H,44,50)(H,45,49)(H,46,53)/b13-12+/t28-,32-,37-/m0/s1. The Labute approximate surface area is 342 Å². The Morgan fingerprint density at radius 2 is 1.53 bits per heavy atom. The van der Waals surface area contributed by atoms with Crippen LogP contribution in [0.2, 0.25) is 16.6 Å². The Bertz CT molecular complexity index is 1820. The third-order valence-corrected chi connectivity index (χ3v) is 16.2. The number of allylic oxidation sites excluding steroid dienone is 2. The number of carbonyl (C=O) groups is 5. The van der Waals surface area contributed by atoms with Crippen LogP contribution < -0.4 is 30.8 Å². The van der Waals surface area contributed by atoms with E-state index in [1.54, 1.807) is 56.4 Å². The van der Waals surface area contributed by atoms with E-state index in [0.717, 1.165) is 5.57 Å². The molecule has 0 saturated heterocycles. The van der Waals surface area contributed by atoms with E-state index in [9.17, 15) is 29.1 Å². The van der Waals surface area contributed by atoms with E-state index in [4.69, 9.17) is 24.4 Å². The van der Waals surface area contributed by atoms with Crippen LogP contribution in [0, 0.1) is 5.92 Å². The maximum absolute atomic E-state index is 14.2. The summed E-state index contributed by atoms with van der Waals surface area (Å²) in [7, 11) is -1.02. The Balaban J connectivity index is 1.85. The van der Waals surface area contributed by atoms with Crippen molar-refractivity contribution < 1.29 is 47.7 Å². The molecule has 2 aromatic carbocycles. The van der Waals surface area contributed by atoms with E-state index < -0.39 is 56.4 Å². The number of benzene rings is 2. The molecule has 1 aliphatic heterocycles. The summed E-state index contributed by atoms with van der Waals surface area (Å²) >= 11 is 0. The summed E-state index contributed by atoms with van der Waals surface area (Å²) in [6.07, 6.45) is 2.82. The van der Waals surface area contributed by atoms with E-state index in [1.165, 1.54) is 18.9 Å². The fourth-order valence-electron chi connectivity index (χ4n) is 7.38. The Hall–Kier alpha value is -5.35. The van der Waals surface area contributed by atoms with E-state index in [2.05, 4.69) is 57.5 Å². The van der Waals surface area contributed by atoms with Gasteiger partial charge in [-0.2, -0.15) is 0 Å². The number of hydrogen-bond donors (Lipinski definition) is 5. The SMILES string of the molecule is C/C=C/C1=CN(C(=O)c2cc(OC)c(O[Si](C(C)C)(C(C)C)C(C)C)cc2NC(=O)OCc2ccc(NC(=O)[C@H](C)NC(=O)[C@@H](OC(N)=O)C(C)C)cc2)[C@H](CO)C1. The second-order valence-electron chi connectivity index (χ2n) is 15.6. The van der Waals surface area contributed by atoms with Gasteiger partial charge < -0.3 is 45.0 Å². The predicted octanol–water partition coefficient (Wildman–Crippen LogP) is 7.23. The van der Waals surface area contributed by atoms with Crippen molar-refractivity contribution in [1.82, 2.24) is 10.2 Å². The predicted molar refractivity (Wildman–Crippen MR) is 225 cm³/mol. The van der Waals surface area contributed by atoms with Crippen molar-refractivity contribution in [2.75, 3.05) is 24.4 Å². The Kier molecular flexibility index (Phi) is 16.9. The molecule has 318 valence electrons. The molecule has 6 N–H and O–H groups in total. The van der Waals surface area contributed by atoms with Crippen molar-refractivity contribution in [2.24, 2.45) is 11.7 Å². The number of nitrogens with one attached hydrogen (secondary N) is 3. The third kappa shape index (κ3) is 11.6. The monoisotopic (exact) mass is 823 g/mol. The normalized spacial score (nSPS) is 15.3. The smallest absolute Gasteiger partial charge is 0.411 e. The lowest BCUT2D eigenvalue weighted by Crippen LogP contribution is -2.50. The Morgan fingerprint density at radius 1 is 0.914 bits per heavy atom. The van der Waals surface area contributed by atoms with Gasteiger partial charge in [-0.05, 0) is 72.1 Å². The van der Waals surface area contributed by atoms with Crippen LogP contribution in [-0.2, 0) is 25.7 Å². The summed E-state index contributed by atoms with van der Waals surface area (Å²) in [4.78, 5) is 65.8. The maximum Gasteiger partial charge on any atom is 0.411 e. The molecule has 0 bridgehead atoms. The van der Waals surface area contributed by atoms with Gasteiger partial charge in [0.1, 0.15) is 18.4 Å². The number of carbonyl (C=O) groups excluding carboxylic acids is 5. The van der Waals surface area contributed by atoms with Crippen LogP contribution in [0.3, 0.4) is 0 Å². The fourth-order valence-corrected chi connectivity index (χ4v) is 12.6. The molecule has 15 nitrogen and oxygen atoms in total. The fraction of sp³-hybridized carbons (Fsp3) is 0.500. The zero-order valence-corrected chi connectivity index (χ0v) is 36.5.